The van der Waals surface area contributed by atoms with E-state index < -0.39 is 17.6 Å². The molecule has 0 saturated heterocycles. The van der Waals surface area contributed by atoms with Gasteiger partial charge in [-0.1, -0.05) is 60.7 Å². The Balaban J connectivity index is 2.06. The number of methoxy groups -OCH3 is 2. The lowest BCUT2D eigenvalue weighted by molar-refractivity contribution is -0.152. The zero-order valence-corrected chi connectivity index (χ0v) is 16.1. The largest absolute Gasteiger partial charge is 0.468 e. The highest BCUT2D eigenvalue weighted by Gasteiger charge is 2.49. The molecule has 1 N–H and O–H groups in total. The molecule has 1 aromatic heterocycles. The maximum Gasteiger partial charge on any atom is 0.408 e. The summed E-state index contributed by atoms with van der Waals surface area (Å²) in [6, 6.07) is 21.0. The van der Waals surface area contributed by atoms with Gasteiger partial charge in [-0.3, -0.25) is 5.32 Å². The molecular formula is C22H21NO6. The molecule has 1 atom stereocenters. The molecule has 3 rings (SSSR count). The van der Waals surface area contributed by atoms with Crippen LogP contribution in [-0.2, 0) is 26.4 Å². The van der Waals surface area contributed by atoms with Crippen LogP contribution in [0.25, 0.3) is 0 Å². The highest BCUT2D eigenvalue weighted by molar-refractivity contribution is 5.90. The van der Waals surface area contributed by atoms with Gasteiger partial charge < -0.3 is 18.6 Å². The van der Waals surface area contributed by atoms with Crippen LogP contribution in [0.15, 0.2) is 77.2 Å². The number of nitrogens with one attached hydrogen (secondary N) is 1. The fraction of sp³-hybridized carbons (Fsp3) is 0.182. The molecule has 1 amide bonds. The molecule has 7 heteroatoms. The van der Waals surface area contributed by atoms with Crippen molar-refractivity contribution in [2.24, 2.45) is 0 Å². The number of rotatable bonds is 7. The second kappa shape index (κ2) is 8.97. The van der Waals surface area contributed by atoms with Crippen LogP contribution in [0.4, 0.5) is 4.79 Å². The normalized spacial score (nSPS) is 12.5. The third-order valence-electron chi connectivity index (χ3n) is 4.35. The number of alkyl carbamates (subject to hydrolysis) is 1. The number of benzene rings is 2. The van der Waals surface area contributed by atoms with E-state index in [-0.39, 0.29) is 18.3 Å². The number of carbonyl (C=O) groups is 2. The molecule has 0 saturated carbocycles. The molecule has 0 bridgehead atoms. The first kappa shape index (κ1) is 20.0. The fourth-order valence-electron chi connectivity index (χ4n) is 2.90. The molecule has 7 nitrogen and oxygen atoms in total. The van der Waals surface area contributed by atoms with E-state index in [4.69, 9.17) is 18.6 Å². The molecule has 1 heterocycles. The molecule has 2 aromatic carbocycles. The molecule has 0 fully saturated rings. The minimum Gasteiger partial charge on any atom is -0.468 e. The summed E-state index contributed by atoms with van der Waals surface area (Å²) < 4.78 is 21.1. The minimum absolute atomic E-state index is 0.0228. The number of esters is 1. The van der Waals surface area contributed by atoms with Crippen molar-refractivity contribution in [3.63, 3.8) is 0 Å². The number of hydrogen-bond donors (Lipinski definition) is 1. The van der Waals surface area contributed by atoms with E-state index in [0.717, 1.165) is 5.56 Å². The summed E-state index contributed by atoms with van der Waals surface area (Å²) >= 11 is 0. The third-order valence-corrected chi connectivity index (χ3v) is 4.35. The van der Waals surface area contributed by atoms with Gasteiger partial charge in [-0.15, -0.1) is 0 Å². The summed E-state index contributed by atoms with van der Waals surface area (Å²) in [4.78, 5) is 25.6. The van der Waals surface area contributed by atoms with E-state index >= 15 is 0 Å². The van der Waals surface area contributed by atoms with Gasteiger partial charge in [0.05, 0.1) is 14.2 Å². The number of furan rings is 1. The second-order valence-corrected chi connectivity index (χ2v) is 6.12. The predicted octanol–water partition coefficient (Wildman–Crippen LogP) is 3.63. The van der Waals surface area contributed by atoms with Gasteiger partial charge in [0.1, 0.15) is 12.4 Å². The maximum atomic E-state index is 13.4. The Kier molecular flexibility index (Phi) is 6.19. The number of carbonyl (C=O) groups excluding carboxylic acids is 2. The zero-order chi connectivity index (χ0) is 20.7. The molecule has 0 aliphatic rings. The van der Waals surface area contributed by atoms with Gasteiger partial charge in [0.15, 0.2) is 0 Å². The molecule has 29 heavy (non-hydrogen) atoms. The average molecular weight is 395 g/mol. The lowest BCUT2D eigenvalue weighted by Gasteiger charge is -2.30. The quantitative estimate of drug-likeness (QED) is 0.615. The van der Waals surface area contributed by atoms with Gasteiger partial charge >= 0.3 is 12.1 Å². The van der Waals surface area contributed by atoms with Crippen LogP contribution in [0.3, 0.4) is 0 Å². The zero-order valence-electron chi connectivity index (χ0n) is 16.1. The summed E-state index contributed by atoms with van der Waals surface area (Å²) in [6.07, 6.45) is -0.819. The first-order valence-corrected chi connectivity index (χ1v) is 8.87. The van der Waals surface area contributed by atoms with Gasteiger partial charge in [-0.25, -0.2) is 9.59 Å². The van der Waals surface area contributed by atoms with E-state index in [1.165, 1.54) is 14.2 Å². The Morgan fingerprint density at radius 2 is 1.59 bits per heavy atom. The van der Waals surface area contributed by atoms with Crippen molar-refractivity contribution in [3.8, 4) is 5.95 Å². The van der Waals surface area contributed by atoms with Crippen molar-refractivity contribution in [2.45, 2.75) is 12.1 Å². The van der Waals surface area contributed by atoms with Crippen molar-refractivity contribution in [2.75, 3.05) is 14.2 Å². The molecule has 0 spiro atoms. The molecule has 0 aliphatic carbocycles. The topological polar surface area (TPSA) is 87.0 Å². The molecule has 0 aliphatic heterocycles. The summed E-state index contributed by atoms with van der Waals surface area (Å²) in [7, 11) is 2.65. The van der Waals surface area contributed by atoms with Crippen molar-refractivity contribution in [1.82, 2.24) is 5.32 Å². The van der Waals surface area contributed by atoms with Crippen molar-refractivity contribution in [3.05, 3.63) is 89.7 Å². The molecule has 0 radical (unpaired) electrons. The minimum atomic E-state index is -1.76. The second-order valence-electron chi connectivity index (χ2n) is 6.12. The Morgan fingerprint density at radius 3 is 2.17 bits per heavy atom. The van der Waals surface area contributed by atoms with Gasteiger partial charge in [-0.05, 0) is 17.2 Å². The van der Waals surface area contributed by atoms with Crippen molar-refractivity contribution < 1.29 is 28.2 Å². The van der Waals surface area contributed by atoms with Crippen LogP contribution in [0.2, 0.25) is 0 Å². The SMILES string of the molecule is COC(=O)N[C@](C(=O)OCc1ccccc1)(c1ccccc1)c1ccc(OC)o1. The highest BCUT2D eigenvalue weighted by atomic mass is 16.6. The number of ether oxygens (including phenoxy) is 3. The van der Waals surface area contributed by atoms with Gasteiger partial charge in [0.25, 0.3) is 5.95 Å². The monoisotopic (exact) mass is 395 g/mol. The average Bonchev–Trinajstić information content (AvgIpc) is 3.26. The molecule has 0 unspecified atom stereocenters. The lowest BCUT2D eigenvalue weighted by Crippen LogP contribution is -2.53. The van der Waals surface area contributed by atoms with Crippen molar-refractivity contribution >= 4 is 12.1 Å². The molecule has 3 aromatic rings. The summed E-state index contributed by atoms with van der Waals surface area (Å²) in [5.41, 5.74) is -0.515. The van der Waals surface area contributed by atoms with E-state index in [1.807, 2.05) is 30.3 Å². The van der Waals surface area contributed by atoms with Crippen LogP contribution in [-0.4, -0.2) is 26.3 Å². The van der Waals surface area contributed by atoms with E-state index in [2.05, 4.69) is 5.32 Å². The van der Waals surface area contributed by atoms with Crippen LogP contribution < -0.4 is 10.1 Å². The Labute approximate surface area is 168 Å². The van der Waals surface area contributed by atoms with Crippen molar-refractivity contribution in [1.29, 1.82) is 0 Å². The summed E-state index contributed by atoms with van der Waals surface area (Å²) in [5.74, 6) is -0.415. The predicted molar refractivity (Wildman–Crippen MR) is 104 cm³/mol. The van der Waals surface area contributed by atoms with Crippen LogP contribution in [0, 0.1) is 0 Å². The summed E-state index contributed by atoms with van der Waals surface area (Å²) in [6.45, 7) is 0.0228. The van der Waals surface area contributed by atoms with Gasteiger partial charge in [0.2, 0.25) is 5.54 Å². The van der Waals surface area contributed by atoms with Gasteiger partial charge in [-0.2, -0.15) is 0 Å². The Bertz CT molecular complexity index is 954. The Hall–Kier alpha value is -3.74. The third kappa shape index (κ3) is 4.24. The molecule has 150 valence electrons. The first-order chi connectivity index (χ1) is 14.1. The van der Waals surface area contributed by atoms with Crippen LogP contribution in [0.5, 0.6) is 5.95 Å². The highest BCUT2D eigenvalue weighted by Crippen LogP contribution is 2.35. The van der Waals surface area contributed by atoms with E-state index in [0.29, 0.717) is 5.56 Å². The van der Waals surface area contributed by atoms with Crippen LogP contribution in [0.1, 0.15) is 16.9 Å². The lowest BCUT2D eigenvalue weighted by atomic mass is 9.87. The maximum absolute atomic E-state index is 13.4. The Morgan fingerprint density at radius 1 is 0.931 bits per heavy atom. The first-order valence-electron chi connectivity index (χ1n) is 8.87. The van der Waals surface area contributed by atoms with E-state index in [9.17, 15) is 9.59 Å². The fourth-order valence-corrected chi connectivity index (χ4v) is 2.90. The standard InChI is InChI=1S/C22H21NO6/c1-26-19-14-13-18(29-19)22(23-21(25)27-2,17-11-7-4-8-12-17)20(24)28-15-16-9-5-3-6-10-16/h3-14H,15H2,1-2H3,(H,23,25)/t22-/m1/s1. The number of hydrogen-bond acceptors (Lipinski definition) is 6. The van der Waals surface area contributed by atoms with Crippen LogP contribution >= 0.6 is 0 Å². The summed E-state index contributed by atoms with van der Waals surface area (Å²) in [5, 5.41) is 2.60. The van der Waals surface area contributed by atoms with E-state index in [1.54, 1.807) is 42.5 Å². The smallest absolute Gasteiger partial charge is 0.408 e. The van der Waals surface area contributed by atoms with Gasteiger partial charge in [0, 0.05) is 6.07 Å². The number of amides is 1. The molecular weight excluding hydrogens is 374 g/mol.